The highest BCUT2D eigenvalue weighted by Gasteiger charge is 2.21. The zero-order chi connectivity index (χ0) is 12.3. The van der Waals surface area contributed by atoms with Gasteiger partial charge in [-0.05, 0) is 31.5 Å². The highest BCUT2D eigenvalue weighted by Crippen LogP contribution is 2.21. The standard InChI is InChI=1S/C13H17NO2/c1-9(15)13(10(2)16)11-5-7-12(8-6-11)14(3)4/h5-8,13H,1-4H3. The third-order valence-electron chi connectivity index (χ3n) is 2.56. The van der Waals surface area contributed by atoms with Crippen LogP contribution in [0.25, 0.3) is 0 Å². The Bertz CT molecular complexity index is 379. The zero-order valence-corrected chi connectivity index (χ0v) is 10.2. The molecule has 0 fully saturated rings. The van der Waals surface area contributed by atoms with Crippen LogP contribution in [0.1, 0.15) is 25.3 Å². The summed E-state index contributed by atoms with van der Waals surface area (Å²) in [7, 11) is 3.89. The van der Waals surface area contributed by atoms with Gasteiger partial charge in [-0.2, -0.15) is 0 Å². The van der Waals surface area contributed by atoms with Crippen molar-refractivity contribution >= 4 is 17.3 Å². The lowest BCUT2D eigenvalue weighted by molar-refractivity contribution is -0.126. The van der Waals surface area contributed by atoms with Gasteiger partial charge >= 0.3 is 0 Å². The van der Waals surface area contributed by atoms with E-state index in [0.717, 1.165) is 11.3 Å². The average Bonchev–Trinajstić information content (AvgIpc) is 2.17. The molecule has 0 saturated carbocycles. The van der Waals surface area contributed by atoms with Gasteiger partial charge in [-0.1, -0.05) is 12.1 Å². The molecule has 0 N–H and O–H groups in total. The third kappa shape index (κ3) is 2.69. The molecule has 1 rings (SSSR count). The van der Waals surface area contributed by atoms with E-state index in [9.17, 15) is 9.59 Å². The Morgan fingerprint density at radius 2 is 1.44 bits per heavy atom. The largest absolute Gasteiger partial charge is 0.378 e. The molecular formula is C13H17NO2. The molecule has 0 aliphatic rings. The summed E-state index contributed by atoms with van der Waals surface area (Å²) < 4.78 is 0. The molecule has 0 radical (unpaired) electrons. The quantitative estimate of drug-likeness (QED) is 0.727. The molecule has 1 aromatic rings. The predicted molar refractivity (Wildman–Crippen MR) is 64.9 cm³/mol. The molecule has 0 heterocycles. The van der Waals surface area contributed by atoms with Crippen LogP contribution in [0.2, 0.25) is 0 Å². The zero-order valence-electron chi connectivity index (χ0n) is 10.2. The van der Waals surface area contributed by atoms with Gasteiger partial charge < -0.3 is 4.90 Å². The van der Waals surface area contributed by atoms with Crippen molar-refractivity contribution in [3.8, 4) is 0 Å². The molecule has 0 aromatic heterocycles. The number of hydrogen-bond acceptors (Lipinski definition) is 3. The molecule has 1 aromatic carbocycles. The van der Waals surface area contributed by atoms with E-state index in [1.165, 1.54) is 13.8 Å². The van der Waals surface area contributed by atoms with Crippen LogP contribution in [0, 0.1) is 0 Å². The minimum atomic E-state index is -0.615. The topological polar surface area (TPSA) is 37.4 Å². The van der Waals surface area contributed by atoms with Crippen molar-refractivity contribution in [1.29, 1.82) is 0 Å². The summed E-state index contributed by atoms with van der Waals surface area (Å²) in [6.45, 7) is 2.90. The maximum absolute atomic E-state index is 11.4. The van der Waals surface area contributed by atoms with Crippen molar-refractivity contribution < 1.29 is 9.59 Å². The number of carbonyl (C=O) groups is 2. The van der Waals surface area contributed by atoms with Crippen molar-refractivity contribution in [2.75, 3.05) is 19.0 Å². The Kier molecular flexibility index (Phi) is 3.82. The van der Waals surface area contributed by atoms with E-state index >= 15 is 0 Å². The van der Waals surface area contributed by atoms with Gasteiger partial charge in [0, 0.05) is 19.8 Å². The number of carbonyl (C=O) groups excluding carboxylic acids is 2. The van der Waals surface area contributed by atoms with Gasteiger partial charge in [0.1, 0.15) is 17.5 Å². The molecule has 0 aliphatic heterocycles. The Balaban J connectivity index is 3.04. The first kappa shape index (κ1) is 12.4. The fourth-order valence-electron chi connectivity index (χ4n) is 1.72. The molecule has 16 heavy (non-hydrogen) atoms. The van der Waals surface area contributed by atoms with E-state index in [-0.39, 0.29) is 11.6 Å². The number of ketones is 2. The molecule has 0 atom stereocenters. The van der Waals surface area contributed by atoms with Gasteiger partial charge in [0.15, 0.2) is 0 Å². The van der Waals surface area contributed by atoms with E-state index in [4.69, 9.17) is 0 Å². The van der Waals surface area contributed by atoms with Crippen molar-refractivity contribution in [1.82, 2.24) is 0 Å². The number of nitrogens with zero attached hydrogens (tertiary/aromatic N) is 1. The van der Waals surface area contributed by atoms with Gasteiger partial charge in [-0.15, -0.1) is 0 Å². The van der Waals surface area contributed by atoms with Crippen molar-refractivity contribution in [2.24, 2.45) is 0 Å². The third-order valence-corrected chi connectivity index (χ3v) is 2.56. The molecule has 3 heteroatoms. The van der Waals surface area contributed by atoms with Crippen LogP contribution in [-0.4, -0.2) is 25.7 Å². The maximum atomic E-state index is 11.4. The normalized spacial score (nSPS) is 10.3. The molecule has 0 saturated heterocycles. The molecule has 0 spiro atoms. The molecule has 0 amide bonds. The smallest absolute Gasteiger partial charge is 0.144 e. The van der Waals surface area contributed by atoms with Crippen LogP contribution < -0.4 is 4.90 Å². The molecular weight excluding hydrogens is 202 g/mol. The second kappa shape index (κ2) is 4.92. The fraction of sp³-hybridized carbons (Fsp3) is 0.385. The van der Waals surface area contributed by atoms with Crippen LogP contribution in [-0.2, 0) is 9.59 Å². The number of rotatable bonds is 4. The van der Waals surface area contributed by atoms with Crippen LogP contribution >= 0.6 is 0 Å². The van der Waals surface area contributed by atoms with Crippen molar-refractivity contribution in [3.05, 3.63) is 29.8 Å². The lowest BCUT2D eigenvalue weighted by atomic mass is 9.92. The molecule has 3 nitrogen and oxygen atoms in total. The number of anilines is 1. The van der Waals surface area contributed by atoms with Gasteiger partial charge in [-0.25, -0.2) is 0 Å². The number of Topliss-reactive ketones (excluding diaryl/α,β-unsaturated/α-hetero) is 2. The van der Waals surface area contributed by atoms with E-state index in [0.29, 0.717) is 0 Å². The summed E-state index contributed by atoms with van der Waals surface area (Å²) in [5.41, 5.74) is 1.82. The van der Waals surface area contributed by atoms with Crippen LogP contribution in [0.5, 0.6) is 0 Å². The minimum Gasteiger partial charge on any atom is -0.378 e. The van der Waals surface area contributed by atoms with Crippen LogP contribution in [0.4, 0.5) is 5.69 Å². The number of hydrogen-bond donors (Lipinski definition) is 0. The van der Waals surface area contributed by atoms with Crippen LogP contribution in [0.3, 0.4) is 0 Å². The molecule has 0 bridgehead atoms. The monoisotopic (exact) mass is 219 g/mol. The highest BCUT2D eigenvalue weighted by atomic mass is 16.1. The summed E-state index contributed by atoms with van der Waals surface area (Å²) in [6.07, 6.45) is 0. The fourth-order valence-corrected chi connectivity index (χ4v) is 1.72. The van der Waals surface area contributed by atoms with E-state index in [2.05, 4.69) is 0 Å². The van der Waals surface area contributed by atoms with Gasteiger partial charge in [-0.3, -0.25) is 9.59 Å². The predicted octanol–water partition coefficient (Wildman–Crippen LogP) is 2.01. The van der Waals surface area contributed by atoms with Gasteiger partial charge in [0.2, 0.25) is 0 Å². The summed E-state index contributed by atoms with van der Waals surface area (Å²) in [4.78, 5) is 24.7. The Hall–Kier alpha value is -1.64. The lowest BCUT2D eigenvalue weighted by Gasteiger charge is -2.15. The Labute approximate surface area is 96.1 Å². The summed E-state index contributed by atoms with van der Waals surface area (Å²) in [5, 5.41) is 0. The van der Waals surface area contributed by atoms with Crippen LogP contribution in [0.15, 0.2) is 24.3 Å². The minimum absolute atomic E-state index is 0.106. The van der Waals surface area contributed by atoms with Crippen molar-refractivity contribution in [2.45, 2.75) is 19.8 Å². The summed E-state index contributed by atoms with van der Waals surface area (Å²) in [6, 6.07) is 7.49. The SMILES string of the molecule is CC(=O)C(C(C)=O)c1ccc(N(C)C)cc1. The average molecular weight is 219 g/mol. The second-order valence-electron chi connectivity index (χ2n) is 4.14. The first-order valence-corrected chi connectivity index (χ1v) is 5.21. The first-order valence-electron chi connectivity index (χ1n) is 5.21. The summed E-state index contributed by atoms with van der Waals surface area (Å²) >= 11 is 0. The van der Waals surface area contributed by atoms with E-state index < -0.39 is 5.92 Å². The molecule has 86 valence electrons. The highest BCUT2D eigenvalue weighted by molar-refractivity contribution is 6.05. The van der Waals surface area contributed by atoms with Crippen molar-refractivity contribution in [3.63, 3.8) is 0 Å². The maximum Gasteiger partial charge on any atom is 0.144 e. The lowest BCUT2D eigenvalue weighted by Crippen LogP contribution is -2.17. The Morgan fingerprint density at radius 3 is 1.75 bits per heavy atom. The summed E-state index contributed by atoms with van der Waals surface area (Å²) in [5.74, 6) is -0.827. The first-order chi connectivity index (χ1) is 7.43. The molecule has 0 aliphatic carbocycles. The van der Waals surface area contributed by atoms with E-state index in [1.807, 2.05) is 43.3 Å². The van der Waals surface area contributed by atoms with E-state index in [1.54, 1.807) is 0 Å². The van der Waals surface area contributed by atoms with Gasteiger partial charge in [0.25, 0.3) is 0 Å². The molecule has 0 unspecified atom stereocenters. The second-order valence-corrected chi connectivity index (χ2v) is 4.14. The number of benzene rings is 1. The Morgan fingerprint density at radius 1 is 1.00 bits per heavy atom. The van der Waals surface area contributed by atoms with Gasteiger partial charge in [0.05, 0.1) is 0 Å².